The van der Waals surface area contributed by atoms with E-state index in [9.17, 15) is 25.5 Å². The molecule has 0 bridgehead atoms. The van der Waals surface area contributed by atoms with Crippen LogP contribution in [0.4, 0.5) is 28.4 Å². The number of hydrogen-bond donors (Lipinski definition) is 2. The second-order valence-corrected chi connectivity index (χ2v) is 7.63. The molecule has 0 aliphatic heterocycles. The van der Waals surface area contributed by atoms with Gasteiger partial charge in [-0.2, -0.15) is 15.5 Å². The van der Waals surface area contributed by atoms with Crippen molar-refractivity contribution in [1.29, 1.82) is 5.26 Å². The van der Waals surface area contributed by atoms with Crippen LogP contribution in [0.5, 0.6) is 0 Å². The number of non-ortho nitro benzene ring substituents is 1. The molecule has 0 aliphatic carbocycles. The van der Waals surface area contributed by atoms with Gasteiger partial charge in [-0.05, 0) is 48.0 Å². The first-order valence-electron chi connectivity index (χ1n) is 11.0. The Hall–Kier alpha value is -4.99. The molecule has 188 valence electrons. The van der Waals surface area contributed by atoms with E-state index in [1.807, 2.05) is 17.0 Å². The summed E-state index contributed by atoms with van der Waals surface area (Å²) in [7, 11) is 0. The van der Waals surface area contributed by atoms with Crippen molar-refractivity contribution in [2.75, 3.05) is 31.2 Å². The highest BCUT2D eigenvalue weighted by molar-refractivity contribution is 5.79. The van der Waals surface area contributed by atoms with E-state index in [0.29, 0.717) is 30.0 Å². The van der Waals surface area contributed by atoms with Crippen molar-refractivity contribution >= 4 is 40.6 Å². The number of aliphatic hydroxyl groups excluding tert-OH is 2. The highest BCUT2D eigenvalue weighted by Gasteiger charge is 2.22. The molecule has 3 aromatic rings. The number of nitro benzene ring substituents is 2. The highest BCUT2D eigenvalue weighted by Crippen LogP contribution is 2.30. The molecule has 0 spiro atoms. The molecule has 0 saturated heterocycles. The molecule has 12 nitrogen and oxygen atoms in total. The van der Waals surface area contributed by atoms with Gasteiger partial charge >= 0.3 is 0 Å². The smallest absolute Gasteiger partial charge is 0.284 e. The first-order chi connectivity index (χ1) is 17.9. The Bertz CT molecular complexity index is 1360. The Labute approximate surface area is 211 Å². The molecule has 2 N–H and O–H groups in total. The minimum atomic E-state index is -0.785. The summed E-state index contributed by atoms with van der Waals surface area (Å²) in [6, 6.07) is 17.6. The summed E-state index contributed by atoms with van der Waals surface area (Å²) in [4.78, 5) is 22.7. The van der Waals surface area contributed by atoms with Gasteiger partial charge in [-0.15, -0.1) is 0 Å². The molecule has 0 fully saturated rings. The van der Waals surface area contributed by atoms with Crippen LogP contribution in [0.1, 0.15) is 16.7 Å². The van der Waals surface area contributed by atoms with Crippen molar-refractivity contribution in [3.05, 3.63) is 97.6 Å². The third-order valence-electron chi connectivity index (χ3n) is 5.24. The molecule has 0 heterocycles. The molecule has 0 amide bonds. The summed E-state index contributed by atoms with van der Waals surface area (Å²) in [5.41, 5.74) is 1.40. The van der Waals surface area contributed by atoms with Gasteiger partial charge in [-0.3, -0.25) is 20.2 Å². The molecular formula is C25H22N6O6. The number of nitriles is 1. The molecule has 12 heteroatoms. The van der Waals surface area contributed by atoms with Gasteiger partial charge in [0.1, 0.15) is 6.07 Å². The van der Waals surface area contributed by atoms with Crippen LogP contribution in [-0.4, -0.2) is 46.4 Å². The van der Waals surface area contributed by atoms with Crippen molar-refractivity contribution < 1.29 is 20.1 Å². The van der Waals surface area contributed by atoms with E-state index in [1.165, 1.54) is 6.08 Å². The summed E-state index contributed by atoms with van der Waals surface area (Å²) in [6.45, 7) is 0.739. The van der Waals surface area contributed by atoms with Gasteiger partial charge < -0.3 is 15.1 Å². The lowest BCUT2D eigenvalue weighted by molar-refractivity contribution is -0.394. The van der Waals surface area contributed by atoms with Crippen molar-refractivity contribution in [3.8, 4) is 6.07 Å². The maximum atomic E-state index is 11.4. The fourth-order valence-corrected chi connectivity index (χ4v) is 3.44. The van der Waals surface area contributed by atoms with E-state index >= 15 is 0 Å². The van der Waals surface area contributed by atoms with Crippen LogP contribution in [0.2, 0.25) is 0 Å². The van der Waals surface area contributed by atoms with Crippen LogP contribution in [0, 0.1) is 31.6 Å². The molecule has 3 rings (SSSR count). The van der Waals surface area contributed by atoms with E-state index < -0.39 is 21.2 Å². The van der Waals surface area contributed by atoms with Crippen LogP contribution in [0.15, 0.2) is 70.9 Å². The Morgan fingerprint density at radius 1 is 0.865 bits per heavy atom. The van der Waals surface area contributed by atoms with Crippen LogP contribution in [-0.2, 0) is 0 Å². The number of rotatable bonds is 11. The summed E-state index contributed by atoms with van der Waals surface area (Å²) in [5.74, 6) is 0. The minimum Gasteiger partial charge on any atom is -0.395 e. The Balaban J connectivity index is 1.75. The van der Waals surface area contributed by atoms with Gasteiger partial charge in [0.15, 0.2) is 0 Å². The predicted molar refractivity (Wildman–Crippen MR) is 137 cm³/mol. The van der Waals surface area contributed by atoms with Gasteiger partial charge in [-0.25, -0.2) is 0 Å². The number of anilines is 1. The number of azo groups is 1. The van der Waals surface area contributed by atoms with Gasteiger partial charge in [0.25, 0.3) is 11.4 Å². The highest BCUT2D eigenvalue weighted by atomic mass is 16.6. The molecule has 0 aromatic heterocycles. The van der Waals surface area contributed by atoms with E-state index in [2.05, 4.69) is 10.2 Å². The lowest BCUT2D eigenvalue weighted by atomic mass is 10.0. The number of aliphatic hydroxyl groups is 2. The summed E-state index contributed by atoms with van der Waals surface area (Å²) >= 11 is 0. The normalized spacial score (nSPS) is 11.1. The monoisotopic (exact) mass is 502 g/mol. The van der Waals surface area contributed by atoms with Gasteiger partial charge in [0, 0.05) is 24.8 Å². The van der Waals surface area contributed by atoms with Gasteiger partial charge in [0.2, 0.25) is 0 Å². The average Bonchev–Trinajstić information content (AvgIpc) is 2.91. The van der Waals surface area contributed by atoms with E-state index in [1.54, 1.807) is 48.5 Å². The fourth-order valence-electron chi connectivity index (χ4n) is 3.44. The second kappa shape index (κ2) is 12.6. The zero-order valence-corrected chi connectivity index (χ0v) is 19.5. The number of benzene rings is 3. The largest absolute Gasteiger partial charge is 0.395 e. The average molecular weight is 502 g/mol. The topological polar surface area (TPSA) is 178 Å². The first-order valence-corrected chi connectivity index (χ1v) is 11.0. The molecule has 0 unspecified atom stereocenters. The Morgan fingerprint density at radius 3 is 1.92 bits per heavy atom. The van der Waals surface area contributed by atoms with Crippen molar-refractivity contribution in [1.82, 2.24) is 0 Å². The molecule has 3 aromatic carbocycles. The molecular weight excluding hydrogens is 480 g/mol. The van der Waals surface area contributed by atoms with Crippen LogP contribution >= 0.6 is 0 Å². The SMILES string of the molecule is N#Cc1cc([N+](=O)[O-])cc([N+](=O)[O-])c1/C=C\c1ccc(N=Nc2ccc(N(CCO)CCO)cc2)cc1. The fraction of sp³-hybridized carbons (Fsp3) is 0.160. The molecule has 37 heavy (non-hydrogen) atoms. The number of nitrogens with zero attached hydrogens (tertiary/aromatic N) is 6. The van der Waals surface area contributed by atoms with Crippen LogP contribution in [0.25, 0.3) is 12.2 Å². The lowest BCUT2D eigenvalue weighted by Crippen LogP contribution is -2.29. The lowest BCUT2D eigenvalue weighted by Gasteiger charge is -2.22. The van der Waals surface area contributed by atoms with Gasteiger partial charge in [-0.1, -0.05) is 18.2 Å². The van der Waals surface area contributed by atoms with E-state index in [0.717, 1.165) is 17.8 Å². The molecule has 0 radical (unpaired) electrons. The first kappa shape index (κ1) is 26.6. The predicted octanol–water partition coefficient (Wildman–Crippen LogP) is 4.75. The van der Waals surface area contributed by atoms with E-state index in [-0.39, 0.29) is 24.3 Å². The third-order valence-corrected chi connectivity index (χ3v) is 5.24. The third kappa shape index (κ3) is 7.01. The zero-order chi connectivity index (χ0) is 26.8. The minimum absolute atomic E-state index is 0.0261. The van der Waals surface area contributed by atoms with Crippen LogP contribution in [0.3, 0.4) is 0 Å². The molecule has 0 saturated carbocycles. The summed E-state index contributed by atoms with van der Waals surface area (Å²) < 4.78 is 0. The quantitative estimate of drug-likeness (QED) is 0.163. The van der Waals surface area contributed by atoms with Crippen molar-refractivity contribution in [2.24, 2.45) is 10.2 Å². The summed E-state index contributed by atoms with van der Waals surface area (Å²) in [5, 5.41) is 58.5. The summed E-state index contributed by atoms with van der Waals surface area (Å²) in [6.07, 6.45) is 2.93. The van der Waals surface area contributed by atoms with Crippen molar-refractivity contribution in [2.45, 2.75) is 0 Å². The molecule has 0 aliphatic rings. The molecule has 0 atom stereocenters. The maximum Gasteiger partial charge on any atom is 0.284 e. The van der Waals surface area contributed by atoms with Crippen LogP contribution < -0.4 is 4.90 Å². The Kier molecular flexibility index (Phi) is 9.09. The maximum absolute atomic E-state index is 11.4. The zero-order valence-electron chi connectivity index (χ0n) is 19.5. The number of hydrogen-bond acceptors (Lipinski definition) is 10. The van der Waals surface area contributed by atoms with E-state index in [4.69, 9.17) is 10.2 Å². The van der Waals surface area contributed by atoms with Gasteiger partial charge in [0.05, 0.1) is 51.6 Å². The number of nitro groups is 2. The Morgan fingerprint density at radius 2 is 1.43 bits per heavy atom. The second-order valence-electron chi connectivity index (χ2n) is 7.63. The standard InChI is InChI=1S/C25H22N6O6/c26-17-19-15-23(30(34)35)16-25(31(36)37)24(19)10-3-18-1-4-20(5-2-18)27-28-21-6-8-22(9-7-21)29(11-13-32)12-14-33/h1-10,15-16,32-33H,11-14H2/b10-3-,28-27?. The van der Waals surface area contributed by atoms with Crippen molar-refractivity contribution in [3.63, 3.8) is 0 Å².